The standard InChI is InChI=1S/C30H40O4/c1-6-7-8-9-10-14-19-33-26(31)18-17-22-20-24(29(2,3)4)27-25(21-22)30(5,28(32)34-27)23-15-12-11-13-16-23/h11-13,15-16,20-21H,6-10,14,17-19H2,1-5H3. The zero-order valence-corrected chi connectivity index (χ0v) is 21.5. The van der Waals surface area contributed by atoms with Gasteiger partial charge in [0, 0.05) is 17.5 Å². The Labute approximate surface area is 205 Å². The van der Waals surface area contributed by atoms with Gasteiger partial charge in [0.05, 0.1) is 6.61 Å². The fourth-order valence-electron chi connectivity index (χ4n) is 4.61. The summed E-state index contributed by atoms with van der Waals surface area (Å²) in [7, 11) is 0. The van der Waals surface area contributed by atoms with Crippen LogP contribution in [0.25, 0.3) is 0 Å². The highest BCUT2D eigenvalue weighted by Crippen LogP contribution is 2.49. The first-order valence-corrected chi connectivity index (χ1v) is 12.8. The van der Waals surface area contributed by atoms with E-state index in [-0.39, 0.29) is 17.4 Å². The number of esters is 2. The monoisotopic (exact) mass is 464 g/mol. The fraction of sp³-hybridized carbons (Fsp3) is 0.533. The number of hydrogen-bond acceptors (Lipinski definition) is 4. The van der Waals surface area contributed by atoms with Gasteiger partial charge in [0.25, 0.3) is 0 Å². The van der Waals surface area contributed by atoms with Gasteiger partial charge in [0.2, 0.25) is 0 Å². The summed E-state index contributed by atoms with van der Waals surface area (Å²) < 4.78 is 11.4. The Morgan fingerprint density at radius 3 is 2.35 bits per heavy atom. The summed E-state index contributed by atoms with van der Waals surface area (Å²) >= 11 is 0. The molecule has 2 aromatic carbocycles. The lowest BCUT2D eigenvalue weighted by Crippen LogP contribution is -2.31. The summed E-state index contributed by atoms with van der Waals surface area (Å²) in [6.45, 7) is 11.0. The molecular weight excluding hydrogens is 424 g/mol. The molecule has 0 aromatic heterocycles. The van der Waals surface area contributed by atoms with Gasteiger partial charge < -0.3 is 9.47 Å². The predicted octanol–water partition coefficient (Wildman–Crippen LogP) is 7.05. The summed E-state index contributed by atoms with van der Waals surface area (Å²) in [5.41, 5.74) is 2.74. The van der Waals surface area contributed by atoms with Gasteiger partial charge in [-0.3, -0.25) is 9.59 Å². The van der Waals surface area contributed by atoms with Crippen LogP contribution < -0.4 is 4.74 Å². The van der Waals surface area contributed by atoms with Crippen LogP contribution in [0.4, 0.5) is 0 Å². The van der Waals surface area contributed by atoms with Gasteiger partial charge in [-0.25, -0.2) is 0 Å². The molecule has 4 nitrogen and oxygen atoms in total. The van der Waals surface area contributed by atoms with E-state index >= 15 is 0 Å². The molecule has 1 aliphatic heterocycles. The van der Waals surface area contributed by atoms with Crippen LogP contribution in [0.3, 0.4) is 0 Å². The van der Waals surface area contributed by atoms with Crippen LogP contribution in [0.15, 0.2) is 42.5 Å². The molecule has 1 heterocycles. The summed E-state index contributed by atoms with van der Waals surface area (Å²) in [5, 5.41) is 0. The van der Waals surface area contributed by atoms with E-state index in [1.54, 1.807) is 0 Å². The molecule has 0 saturated heterocycles. The molecule has 3 rings (SSSR count). The Kier molecular flexibility index (Phi) is 8.57. The van der Waals surface area contributed by atoms with Gasteiger partial charge in [-0.2, -0.15) is 0 Å². The molecule has 184 valence electrons. The van der Waals surface area contributed by atoms with Gasteiger partial charge >= 0.3 is 11.9 Å². The maximum absolute atomic E-state index is 13.1. The molecule has 1 unspecified atom stereocenters. The molecule has 0 radical (unpaired) electrons. The topological polar surface area (TPSA) is 52.6 Å². The molecule has 0 bridgehead atoms. The third kappa shape index (κ3) is 5.89. The smallest absolute Gasteiger partial charge is 0.326 e. The Morgan fingerprint density at radius 1 is 1.00 bits per heavy atom. The van der Waals surface area contributed by atoms with Gasteiger partial charge in [-0.1, -0.05) is 102 Å². The van der Waals surface area contributed by atoms with Crippen LogP contribution in [0.2, 0.25) is 0 Å². The van der Waals surface area contributed by atoms with E-state index in [0.29, 0.717) is 25.2 Å². The molecular formula is C30H40O4. The highest BCUT2D eigenvalue weighted by atomic mass is 16.5. The second kappa shape index (κ2) is 11.2. The van der Waals surface area contributed by atoms with Crippen LogP contribution in [-0.4, -0.2) is 18.5 Å². The number of benzene rings is 2. The zero-order valence-electron chi connectivity index (χ0n) is 21.5. The van der Waals surface area contributed by atoms with Crippen molar-refractivity contribution in [2.24, 2.45) is 0 Å². The molecule has 0 spiro atoms. The van der Waals surface area contributed by atoms with E-state index in [0.717, 1.165) is 35.1 Å². The van der Waals surface area contributed by atoms with E-state index in [1.807, 2.05) is 43.3 Å². The summed E-state index contributed by atoms with van der Waals surface area (Å²) in [6.07, 6.45) is 7.91. The van der Waals surface area contributed by atoms with Crippen molar-refractivity contribution in [3.8, 4) is 5.75 Å². The third-order valence-electron chi connectivity index (χ3n) is 6.83. The lowest BCUT2D eigenvalue weighted by Gasteiger charge is -2.25. The average molecular weight is 465 g/mol. The Morgan fingerprint density at radius 2 is 1.68 bits per heavy atom. The van der Waals surface area contributed by atoms with E-state index < -0.39 is 5.41 Å². The van der Waals surface area contributed by atoms with E-state index in [9.17, 15) is 9.59 Å². The highest BCUT2D eigenvalue weighted by Gasteiger charge is 2.48. The van der Waals surface area contributed by atoms with Crippen LogP contribution in [0.1, 0.15) is 102 Å². The first-order valence-electron chi connectivity index (χ1n) is 12.8. The Bertz CT molecular complexity index is 987. The van der Waals surface area contributed by atoms with E-state index in [1.165, 1.54) is 25.7 Å². The lowest BCUT2D eigenvalue weighted by molar-refractivity contribution is -0.143. The molecule has 1 atom stereocenters. The second-order valence-electron chi connectivity index (χ2n) is 10.6. The largest absolute Gasteiger partial charge is 0.466 e. The molecule has 34 heavy (non-hydrogen) atoms. The van der Waals surface area contributed by atoms with Crippen molar-refractivity contribution in [3.63, 3.8) is 0 Å². The van der Waals surface area contributed by atoms with Gasteiger partial charge in [0.1, 0.15) is 11.2 Å². The summed E-state index contributed by atoms with van der Waals surface area (Å²) in [6, 6.07) is 13.9. The van der Waals surface area contributed by atoms with E-state index in [4.69, 9.17) is 9.47 Å². The maximum Gasteiger partial charge on any atom is 0.326 e. The van der Waals surface area contributed by atoms with Crippen molar-refractivity contribution in [1.82, 2.24) is 0 Å². The minimum Gasteiger partial charge on any atom is -0.466 e. The first kappa shape index (κ1) is 26.0. The fourth-order valence-corrected chi connectivity index (χ4v) is 4.61. The quantitative estimate of drug-likeness (QED) is 0.203. The van der Waals surface area contributed by atoms with Crippen LogP contribution >= 0.6 is 0 Å². The molecule has 4 heteroatoms. The molecule has 0 aliphatic carbocycles. The zero-order chi connectivity index (χ0) is 24.8. The number of rotatable bonds is 11. The number of carbonyl (C=O) groups excluding carboxylic acids is 2. The number of aryl methyl sites for hydroxylation is 1. The van der Waals surface area contributed by atoms with Crippen molar-refractivity contribution < 1.29 is 19.1 Å². The van der Waals surface area contributed by atoms with Gasteiger partial charge in [-0.15, -0.1) is 0 Å². The van der Waals surface area contributed by atoms with Crippen molar-refractivity contribution in [2.45, 2.75) is 96.8 Å². The second-order valence-corrected chi connectivity index (χ2v) is 10.6. The van der Waals surface area contributed by atoms with Crippen molar-refractivity contribution in [3.05, 3.63) is 64.7 Å². The normalized spacial score (nSPS) is 17.4. The number of carbonyl (C=O) groups is 2. The van der Waals surface area contributed by atoms with Crippen molar-refractivity contribution in [1.29, 1.82) is 0 Å². The predicted molar refractivity (Wildman–Crippen MR) is 136 cm³/mol. The molecule has 0 amide bonds. The first-order chi connectivity index (χ1) is 16.2. The molecule has 0 saturated carbocycles. The number of fused-ring (bicyclic) bond motifs is 1. The minimum atomic E-state index is -0.870. The summed E-state index contributed by atoms with van der Waals surface area (Å²) in [4.78, 5) is 25.5. The molecule has 1 aliphatic rings. The third-order valence-corrected chi connectivity index (χ3v) is 6.83. The summed E-state index contributed by atoms with van der Waals surface area (Å²) in [5.74, 6) is 0.248. The molecule has 0 N–H and O–H groups in total. The van der Waals surface area contributed by atoms with Crippen molar-refractivity contribution >= 4 is 11.9 Å². The van der Waals surface area contributed by atoms with Crippen molar-refractivity contribution in [2.75, 3.05) is 6.61 Å². The van der Waals surface area contributed by atoms with Gasteiger partial charge in [-0.05, 0) is 36.3 Å². The molecule has 0 fully saturated rings. The average Bonchev–Trinajstić information content (AvgIpc) is 3.07. The van der Waals surface area contributed by atoms with Crippen LogP contribution in [0.5, 0.6) is 5.75 Å². The number of ether oxygens (including phenoxy) is 2. The molecule has 2 aromatic rings. The number of hydrogen-bond donors (Lipinski definition) is 0. The maximum atomic E-state index is 13.1. The minimum absolute atomic E-state index is 0.162. The lowest BCUT2D eigenvalue weighted by atomic mass is 9.74. The number of unbranched alkanes of at least 4 members (excludes halogenated alkanes) is 5. The van der Waals surface area contributed by atoms with E-state index in [2.05, 4.69) is 33.8 Å². The van der Waals surface area contributed by atoms with Crippen LogP contribution in [-0.2, 0) is 31.6 Å². The Hall–Kier alpha value is -2.62. The highest BCUT2D eigenvalue weighted by molar-refractivity contribution is 5.94. The van der Waals surface area contributed by atoms with Crippen LogP contribution in [0, 0.1) is 0 Å². The Balaban J connectivity index is 1.74. The SMILES string of the molecule is CCCCCCCCOC(=O)CCc1cc(C(C)(C)C)c2c(c1)C(C)(c1ccccc1)C(=O)O2. The van der Waals surface area contributed by atoms with Gasteiger partial charge in [0.15, 0.2) is 0 Å².